The number of rotatable bonds is 8. The van der Waals surface area contributed by atoms with Gasteiger partial charge >= 0.3 is 5.97 Å². The molecule has 33 heavy (non-hydrogen) atoms. The summed E-state index contributed by atoms with van der Waals surface area (Å²) >= 11 is 1.41. The minimum absolute atomic E-state index is 0.0238. The van der Waals surface area contributed by atoms with Gasteiger partial charge in [0, 0.05) is 39.1 Å². The Kier molecular flexibility index (Phi) is 7.32. The van der Waals surface area contributed by atoms with Crippen LogP contribution in [0.15, 0.2) is 54.6 Å². The number of carbonyl (C=O) groups excluding carboxylic acids is 2. The van der Waals surface area contributed by atoms with Crippen LogP contribution >= 0.6 is 11.3 Å². The third kappa shape index (κ3) is 5.38. The molecule has 0 aliphatic carbocycles. The number of alkyl halides is 1. The van der Waals surface area contributed by atoms with Gasteiger partial charge in [-0.2, -0.15) is 0 Å². The molecule has 1 atom stereocenters. The first-order chi connectivity index (χ1) is 16.0. The standard InChI is InChI=1S/C24H27FN4O3S/c25-10-11-28-12-14-29(15-13-28)22(30)24(26,23(31)32-17-18-6-2-1-3-7-18)16-21-27-19-8-4-5-9-20(19)33-21/h1-9H,10-17,26H2/t24-/m0/s1. The van der Waals surface area contributed by atoms with E-state index in [1.807, 2.05) is 59.5 Å². The summed E-state index contributed by atoms with van der Waals surface area (Å²) in [5.41, 5.74) is 6.26. The number of piperazine rings is 1. The van der Waals surface area contributed by atoms with Crippen molar-refractivity contribution < 1.29 is 18.7 Å². The van der Waals surface area contributed by atoms with Crippen LogP contribution in [-0.4, -0.2) is 71.6 Å². The number of ether oxygens (including phenoxy) is 1. The van der Waals surface area contributed by atoms with Crippen molar-refractivity contribution in [3.8, 4) is 0 Å². The summed E-state index contributed by atoms with van der Waals surface area (Å²) in [4.78, 5) is 34.9. The third-order valence-corrected chi connectivity index (χ3v) is 6.82. The summed E-state index contributed by atoms with van der Waals surface area (Å²) in [6.45, 7) is 1.75. The second-order valence-corrected chi connectivity index (χ2v) is 9.22. The van der Waals surface area contributed by atoms with Crippen LogP contribution in [0.1, 0.15) is 10.6 Å². The first kappa shape index (κ1) is 23.3. The predicted molar refractivity (Wildman–Crippen MR) is 125 cm³/mol. The van der Waals surface area contributed by atoms with Crippen LogP contribution in [0.25, 0.3) is 10.2 Å². The fraction of sp³-hybridized carbons (Fsp3) is 0.375. The van der Waals surface area contributed by atoms with Gasteiger partial charge in [0.05, 0.1) is 15.2 Å². The Balaban J connectivity index is 1.55. The molecule has 0 saturated carbocycles. The molecular weight excluding hydrogens is 443 g/mol. The van der Waals surface area contributed by atoms with E-state index in [2.05, 4.69) is 4.98 Å². The maximum absolute atomic E-state index is 13.5. The van der Waals surface area contributed by atoms with E-state index < -0.39 is 24.1 Å². The minimum atomic E-state index is -1.90. The van der Waals surface area contributed by atoms with Crippen LogP contribution in [0, 0.1) is 0 Å². The van der Waals surface area contributed by atoms with Crippen LogP contribution in [0.4, 0.5) is 4.39 Å². The van der Waals surface area contributed by atoms with E-state index >= 15 is 0 Å². The zero-order valence-electron chi connectivity index (χ0n) is 18.3. The lowest BCUT2D eigenvalue weighted by atomic mass is 9.94. The van der Waals surface area contributed by atoms with E-state index in [0.29, 0.717) is 37.7 Å². The number of nitrogens with zero attached hydrogens (tertiary/aromatic N) is 3. The van der Waals surface area contributed by atoms with Gasteiger partial charge in [0.15, 0.2) is 0 Å². The summed E-state index contributed by atoms with van der Waals surface area (Å²) in [7, 11) is 0. The Labute approximate surface area is 196 Å². The number of carbonyl (C=O) groups is 2. The van der Waals surface area contributed by atoms with E-state index in [1.54, 1.807) is 4.90 Å². The van der Waals surface area contributed by atoms with Crippen LogP contribution in [-0.2, 0) is 27.4 Å². The van der Waals surface area contributed by atoms with Crippen molar-refractivity contribution in [2.45, 2.75) is 18.6 Å². The second kappa shape index (κ2) is 10.4. The zero-order chi connectivity index (χ0) is 23.3. The van der Waals surface area contributed by atoms with Gasteiger partial charge in [0.25, 0.3) is 5.91 Å². The van der Waals surface area contributed by atoms with Crippen LogP contribution < -0.4 is 5.73 Å². The van der Waals surface area contributed by atoms with Gasteiger partial charge in [-0.1, -0.05) is 42.5 Å². The van der Waals surface area contributed by atoms with Crippen molar-refractivity contribution in [1.82, 2.24) is 14.8 Å². The fourth-order valence-electron chi connectivity index (χ4n) is 3.90. The van der Waals surface area contributed by atoms with Crippen LogP contribution in [0.2, 0.25) is 0 Å². The zero-order valence-corrected chi connectivity index (χ0v) is 19.1. The Morgan fingerprint density at radius 3 is 2.45 bits per heavy atom. The van der Waals surface area contributed by atoms with E-state index in [4.69, 9.17) is 10.5 Å². The quantitative estimate of drug-likeness (QED) is 0.402. The number of benzene rings is 2. The van der Waals surface area contributed by atoms with Gasteiger partial charge in [0.1, 0.15) is 13.3 Å². The minimum Gasteiger partial charge on any atom is -0.459 e. The number of aromatic nitrogens is 1. The van der Waals surface area contributed by atoms with Gasteiger partial charge in [-0.15, -0.1) is 11.3 Å². The topological polar surface area (TPSA) is 88.8 Å². The average molecular weight is 471 g/mol. The Hall–Kier alpha value is -2.88. The molecule has 1 aliphatic heterocycles. The van der Waals surface area contributed by atoms with Crippen LogP contribution in [0.5, 0.6) is 0 Å². The first-order valence-corrected chi connectivity index (χ1v) is 11.7. The number of amides is 1. The molecule has 0 radical (unpaired) electrons. The molecule has 174 valence electrons. The molecule has 2 heterocycles. The number of nitrogens with two attached hydrogens (primary N) is 1. The van der Waals surface area contributed by atoms with E-state index in [0.717, 1.165) is 15.8 Å². The summed E-state index contributed by atoms with van der Waals surface area (Å²) in [5, 5.41) is 0.597. The highest BCUT2D eigenvalue weighted by Crippen LogP contribution is 2.26. The highest BCUT2D eigenvalue weighted by atomic mass is 32.1. The number of halogens is 1. The molecule has 9 heteroatoms. The number of hydrogen-bond acceptors (Lipinski definition) is 7. The normalized spacial score (nSPS) is 16.5. The highest BCUT2D eigenvalue weighted by molar-refractivity contribution is 7.18. The summed E-state index contributed by atoms with van der Waals surface area (Å²) in [6, 6.07) is 16.9. The van der Waals surface area contributed by atoms with Crippen LogP contribution in [0.3, 0.4) is 0 Å². The second-order valence-electron chi connectivity index (χ2n) is 8.11. The van der Waals surface area contributed by atoms with E-state index in [-0.39, 0.29) is 13.0 Å². The monoisotopic (exact) mass is 470 g/mol. The molecule has 1 fully saturated rings. The largest absolute Gasteiger partial charge is 0.459 e. The van der Waals surface area contributed by atoms with Gasteiger partial charge in [0.2, 0.25) is 5.54 Å². The van der Waals surface area contributed by atoms with Gasteiger partial charge in [-0.25, -0.2) is 14.2 Å². The molecule has 3 aromatic rings. The van der Waals surface area contributed by atoms with Gasteiger partial charge in [-0.05, 0) is 17.7 Å². The number of fused-ring (bicyclic) bond motifs is 1. The molecule has 0 spiro atoms. The van der Waals surface area contributed by atoms with Crippen molar-refractivity contribution in [3.05, 3.63) is 65.2 Å². The Morgan fingerprint density at radius 2 is 1.76 bits per heavy atom. The summed E-state index contributed by atoms with van der Waals surface area (Å²) < 4.78 is 19.1. The SMILES string of the molecule is N[C@](Cc1nc2ccccc2s1)(C(=O)OCc1ccccc1)C(=O)N1CCN(CCF)CC1. The molecule has 2 aromatic carbocycles. The molecule has 2 N–H and O–H groups in total. The molecule has 1 aromatic heterocycles. The highest BCUT2D eigenvalue weighted by Gasteiger charge is 2.47. The van der Waals surface area contributed by atoms with Crippen molar-refractivity contribution in [2.24, 2.45) is 5.73 Å². The molecule has 4 rings (SSSR count). The molecule has 1 aliphatic rings. The molecule has 1 amide bonds. The number of para-hydroxylation sites is 1. The molecule has 1 saturated heterocycles. The van der Waals surface area contributed by atoms with Crippen molar-refractivity contribution in [2.75, 3.05) is 39.4 Å². The maximum Gasteiger partial charge on any atom is 0.336 e. The van der Waals surface area contributed by atoms with Gasteiger partial charge in [-0.3, -0.25) is 9.69 Å². The van der Waals surface area contributed by atoms with Crippen molar-refractivity contribution in [3.63, 3.8) is 0 Å². The Bertz CT molecular complexity index is 1070. The lowest BCUT2D eigenvalue weighted by molar-refractivity contribution is -0.159. The van der Waals surface area contributed by atoms with Gasteiger partial charge < -0.3 is 15.4 Å². The van der Waals surface area contributed by atoms with Crippen molar-refractivity contribution >= 4 is 33.4 Å². The number of hydrogen-bond donors (Lipinski definition) is 1. The smallest absolute Gasteiger partial charge is 0.336 e. The van der Waals surface area contributed by atoms with E-state index in [1.165, 1.54) is 11.3 Å². The summed E-state index contributed by atoms with van der Waals surface area (Å²) in [6.07, 6.45) is -0.0521. The first-order valence-electron chi connectivity index (χ1n) is 10.9. The number of esters is 1. The molecule has 7 nitrogen and oxygen atoms in total. The average Bonchev–Trinajstić information content (AvgIpc) is 3.25. The fourth-order valence-corrected chi connectivity index (χ4v) is 4.96. The third-order valence-electron chi connectivity index (χ3n) is 5.79. The van der Waals surface area contributed by atoms with Crippen molar-refractivity contribution in [1.29, 1.82) is 0 Å². The lowest BCUT2D eigenvalue weighted by Crippen LogP contribution is -2.64. The molecule has 0 unspecified atom stereocenters. The number of thiazole rings is 1. The van der Waals surface area contributed by atoms with E-state index in [9.17, 15) is 14.0 Å². The maximum atomic E-state index is 13.5. The predicted octanol–water partition coefficient (Wildman–Crippen LogP) is 2.39. The lowest BCUT2D eigenvalue weighted by Gasteiger charge is -2.38. The Morgan fingerprint density at radius 1 is 1.06 bits per heavy atom. The molecule has 0 bridgehead atoms. The molecular formula is C24H27FN4O3S. The summed E-state index contributed by atoms with van der Waals surface area (Å²) in [5.74, 6) is -1.26.